The van der Waals surface area contributed by atoms with E-state index in [1.54, 1.807) is 13.8 Å². The predicted octanol–water partition coefficient (Wildman–Crippen LogP) is 5.96. The number of phosphoric ester groups is 1. The Labute approximate surface area is 330 Å². The van der Waals surface area contributed by atoms with Crippen molar-refractivity contribution in [1.82, 2.24) is 19.1 Å². The normalized spacial score (nSPS) is 25.2. The summed E-state index contributed by atoms with van der Waals surface area (Å²) in [5.74, 6) is 0. The molecule has 16 nitrogen and oxygen atoms in total. The molecule has 19 heteroatoms. The van der Waals surface area contributed by atoms with E-state index in [-0.39, 0.29) is 36.1 Å². The van der Waals surface area contributed by atoms with Crippen LogP contribution in [-0.2, 0) is 36.5 Å². The number of aromatic amines is 2. The largest absolute Gasteiger partial charge is 0.476 e. The molecule has 2 aliphatic heterocycles. The van der Waals surface area contributed by atoms with Crippen LogP contribution in [0.3, 0.4) is 0 Å². The third-order valence-electron chi connectivity index (χ3n) is 11.3. The summed E-state index contributed by atoms with van der Waals surface area (Å²) in [5, 5.41) is -0.345. The summed E-state index contributed by atoms with van der Waals surface area (Å²) in [5.41, 5.74) is -1.75. The van der Waals surface area contributed by atoms with Gasteiger partial charge in [-0.1, -0.05) is 53.7 Å². The third kappa shape index (κ3) is 10.4. The van der Waals surface area contributed by atoms with Crippen molar-refractivity contribution in [3.8, 4) is 0 Å². The predicted molar refractivity (Wildman–Crippen MR) is 218 cm³/mol. The van der Waals surface area contributed by atoms with E-state index in [2.05, 4.69) is 90.9 Å². The Kier molecular flexibility index (Phi) is 14.1. The Balaban J connectivity index is 1.71. The molecule has 0 bridgehead atoms. The number of ether oxygens (including phenoxy) is 2. The summed E-state index contributed by atoms with van der Waals surface area (Å²) in [7, 11) is -9.38. The van der Waals surface area contributed by atoms with Crippen LogP contribution in [-0.4, -0.2) is 79.5 Å². The van der Waals surface area contributed by atoms with Gasteiger partial charge in [-0.25, -0.2) is 14.2 Å². The minimum atomic E-state index is -4.57. The van der Waals surface area contributed by atoms with Gasteiger partial charge in [0.05, 0.1) is 19.3 Å². The fourth-order valence-electron chi connectivity index (χ4n) is 5.82. The number of hydrogen-bond donors (Lipinski definition) is 2. The molecule has 4 rings (SSSR count). The second kappa shape index (κ2) is 17.2. The second-order valence-corrected chi connectivity index (χ2v) is 28.7. The van der Waals surface area contributed by atoms with Gasteiger partial charge in [0.15, 0.2) is 16.6 Å². The number of aryl methyl sites for hydroxylation is 2. The third-order valence-corrected chi connectivity index (χ3v) is 21.8. The van der Waals surface area contributed by atoms with Crippen LogP contribution in [0.5, 0.6) is 0 Å². The van der Waals surface area contributed by atoms with Crippen molar-refractivity contribution in [2.45, 2.75) is 147 Å². The molecule has 0 spiro atoms. The summed E-state index contributed by atoms with van der Waals surface area (Å²) in [6.45, 7) is 31.6. The van der Waals surface area contributed by atoms with Gasteiger partial charge in [-0.05, 0) is 50.1 Å². The maximum atomic E-state index is 14.9. The first-order valence-electron chi connectivity index (χ1n) is 18.8. The van der Waals surface area contributed by atoms with Gasteiger partial charge in [0.2, 0.25) is 0 Å². The van der Waals surface area contributed by atoms with Crippen molar-refractivity contribution >= 4 is 24.5 Å². The van der Waals surface area contributed by atoms with Crippen LogP contribution >= 0.6 is 7.82 Å². The van der Waals surface area contributed by atoms with Gasteiger partial charge in [0.25, 0.3) is 11.1 Å². The molecule has 2 saturated heterocycles. The molecule has 0 radical (unpaired) electrons. The molecular formula is C37H61N4O12PSi2. The monoisotopic (exact) mass is 840 g/mol. The molecule has 56 heavy (non-hydrogen) atoms. The van der Waals surface area contributed by atoms with Crippen LogP contribution < -0.4 is 22.5 Å². The zero-order chi connectivity index (χ0) is 42.2. The Bertz CT molecular complexity index is 2030. The van der Waals surface area contributed by atoms with Gasteiger partial charge in [0, 0.05) is 36.4 Å². The molecule has 0 amide bonds. The molecule has 2 aromatic heterocycles. The first-order valence-corrected chi connectivity index (χ1v) is 26.1. The quantitative estimate of drug-likeness (QED) is 0.115. The molecule has 0 saturated carbocycles. The first kappa shape index (κ1) is 45.9. The lowest BCUT2D eigenvalue weighted by molar-refractivity contribution is -0.0743. The Morgan fingerprint density at radius 3 is 1.84 bits per heavy atom. The number of nitrogens with one attached hydrogen (secondary N) is 2. The number of H-pyrrole nitrogens is 2. The highest BCUT2D eigenvalue weighted by molar-refractivity contribution is 7.48. The van der Waals surface area contributed by atoms with Crippen molar-refractivity contribution < 1.29 is 36.5 Å². The number of rotatable bonds is 16. The highest BCUT2D eigenvalue weighted by Gasteiger charge is 2.51. The van der Waals surface area contributed by atoms with Gasteiger partial charge in [-0.3, -0.25) is 42.3 Å². The number of nitrogens with zero attached hydrogens (tertiary/aromatic N) is 2. The van der Waals surface area contributed by atoms with Crippen molar-refractivity contribution in [3.63, 3.8) is 0 Å². The SMILES string of the molecule is C=CCOP(=O)(O[C@H]1C[C@H](n2cc(C)c(=O)[nH]c2=O)O[C@@H]1CO[Si](C)(C)C(C)(C)C)O[C@H](C=C)[C@H]1O[C@@H](n2cc(C)c(=O)[nH]c2=O)C[C@@H]1O[Si](C)(C)C(C)(C)C. The zero-order valence-corrected chi connectivity index (χ0v) is 37.7. The highest BCUT2D eigenvalue weighted by Crippen LogP contribution is 2.56. The molecular weight excluding hydrogens is 780 g/mol. The van der Waals surface area contributed by atoms with Crippen LogP contribution in [0.25, 0.3) is 0 Å². The van der Waals surface area contributed by atoms with Crippen molar-refractivity contribution in [2.24, 2.45) is 0 Å². The fraction of sp³-hybridized carbons (Fsp3) is 0.676. The van der Waals surface area contributed by atoms with Gasteiger partial charge in [-0.15, -0.1) is 13.2 Å². The molecule has 1 unspecified atom stereocenters. The molecule has 2 fully saturated rings. The minimum Gasteiger partial charge on any atom is -0.414 e. The van der Waals surface area contributed by atoms with Gasteiger partial charge in [0.1, 0.15) is 36.9 Å². The van der Waals surface area contributed by atoms with Crippen molar-refractivity contribution in [1.29, 1.82) is 0 Å². The Hall–Kier alpha value is -2.78. The maximum absolute atomic E-state index is 14.9. The zero-order valence-electron chi connectivity index (χ0n) is 34.8. The lowest BCUT2D eigenvalue weighted by Gasteiger charge is -2.40. The fourth-order valence-corrected chi connectivity index (χ4v) is 9.69. The summed E-state index contributed by atoms with van der Waals surface area (Å²) in [4.78, 5) is 55.0. The average molecular weight is 841 g/mol. The molecule has 2 aromatic rings. The second-order valence-electron chi connectivity index (χ2n) is 17.6. The standard InChI is InChI=1S/C37H61N4O12PSi2/c1-15-17-47-54(46,52-26-18-29(40-20-23(3)32(42)38-34(40)44)49-28(26)22-48-55(11,12)36(5,6)7)51-25(16-2)31-27(53-56(13,14)37(8,9)10)19-30(50-31)41-21-24(4)33(43)39-35(41)45/h15-16,20-21,25-31H,1-2,17-19,22H2,3-14H3,(H,38,42,44)(H,39,43,45)/t25-,26+,27+,28-,29-,30-,31-,54?/m1/s1. The van der Waals surface area contributed by atoms with E-state index in [9.17, 15) is 23.7 Å². The van der Waals surface area contributed by atoms with E-state index in [4.69, 9.17) is 31.9 Å². The summed E-state index contributed by atoms with van der Waals surface area (Å²) >= 11 is 0. The lowest BCUT2D eigenvalue weighted by Crippen LogP contribution is -2.48. The average Bonchev–Trinajstić information content (AvgIpc) is 3.67. The Morgan fingerprint density at radius 2 is 1.36 bits per heavy atom. The highest BCUT2D eigenvalue weighted by atomic mass is 31.2. The van der Waals surface area contributed by atoms with E-state index in [0.717, 1.165) is 0 Å². The molecule has 2 aliphatic rings. The smallest absolute Gasteiger partial charge is 0.414 e. The van der Waals surface area contributed by atoms with Gasteiger partial charge in [-0.2, -0.15) is 0 Å². The van der Waals surface area contributed by atoms with Crippen LogP contribution in [0.4, 0.5) is 0 Å². The number of phosphoric acid groups is 1. The van der Waals surface area contributed by atoms with Gasteiger partial charge < -0.3 is 18.3 Å². The van der Waals surface area contributed by atoms with Crippen LogP contribution in [0.1, 0.15) is 78.0 Å². The molecule has 8 atom stereocenters. The maximum Gasteiger partial charge on any atom is 0.476 e. The van der Waals surface area contributed by atoms with E-state index < -0.39 is 89.9 Å². The first-order chi connectivity index (χ1) is 25.7. The van der Waals surface area contributed by atoms with Crippen LogP contribution in [0, 0.1) is 13.8 Å². The van der Waals surface area contributed by atoms with Crippen molar-refractivity contribution in [2.75, 3.05) is 13.2 Å². The minimum absolute atomic E-state index is 0.0219. The van der Waals surface area contributed by atoms with Gasteiger partial charge >= 0.3 is 19.2 Å². The molecule has 4 heterocycles. The van der Waals surface area contributed by atoms with E-state index in [1.165, 1.54) is 33.7 Å². The molecule has 0 aromatic carbocycles. The van der Waals surface area contributed by atoms with Crippen molar-refractivity contribution in [3.05, 3.63) is 90.5 Å². The lowest BCUT2D eigenvalue weighted by atomic mass is 10.1. The number of hydrogen-bond acceptors (Lipinski definition) is 12. The topological polar surface area (TPSA) is 191 Å². The molecule has 314 valence electrons. The van der Waals surface area contributed by atoms with Crippen LogP contribution in [0.15, 0.2) is 56.9 Å². The summed E-state index contributed by atoms with van der Waals surface area (Å²) < 4.78 is 62.0. The summed E-state index contributed by atoms with van der Waals surface area (Å²) in [6.07, 6.45) is -0.524. The van der Waals surface area contributed by atoms with E-state index >= 15 is 0 Å². The molecule has 0 aliphatic carbocycles. The van der Waals surface area contributed by atoms with Crippen LogP contribution in [0.2, 0.25) is 36.3 Å². The summed E-state index contributed by atoms with van der Waals surface area (Å²) in [6, 6.07) is 0. The van der Waals surface area contributed by atoms with E-state index in [1.807, 2.05) is 0 Å². The Morgan fingerprint density at radius 1 is 0.857 bits per heavy atom. The number of aromatic nitrogens is 4. The van der Waals surface area contributed by atoms with E-state index in [0.29, 0.717) is 11.1 Å². The molecule has 2 N–H and O–H groups in total.